The van der Waals surface area contributed by atoms with Gasteiger partial charge in [0.25, 0.3) is 5.91 Å². The molecule has 0 bridgehead atoms. The van der Waals surface area contributed by atoms with Crippen LogP contribution in [-0.2, 0) is 4.74 Å². The standard InChI is InChI=1S/C19H28N2O2.ClH/c1-14-11-16(15-3-7-20-8-4-15)13-17(12-14)19(22)21-9-5-18(23-2)6-10-21;/h11-13,15,18,20H,3-10H2,1-2H3;1H. The number of rotatable bonds is 3. The first-order chi connectivity index (χ1) is 11.2. The fourth-order valence-corrected chi connectivity index (χ4v) is 3.80. The molecule has 2 heterocycles. The first-order valence-corrected chi connectivity index (χ1v) is 8.81. The van der Waals surface area contributed by atoms with Gasteiger partial charge in [0.1, 0.15) is 0 Å². The van der Waals surface area contributed by atoms with E-state index in [1.807, 2.05) is 11.0 Å². The SMILES string of the molecule is COC1CCN(C(=O)c2cc(C)cc(C3CCNCC3)c2)CC1.Cl. The maximum absolute atomic E-state index is 12.9. The van der Waals surface area contributed by atoms with Gasteiger partial charge in [0.2, 0.25) is 0 Å². The zero-order chi connectivity index (χ0) is 16.2. The normalized spacial score (nSPS) is 19.8. The Balaban J connectivity index is 0.00000208. The Morgan fingerprint density at radius 1 is 1.12 bits per heavy atom. The molecule has 2 fully saturated rings. The summed E-state index contributed by atoms with van der Waals surface area (Å²) in [6.07, 6.45) is 4.51. The van der Waals surface area contributed by atoms with Gasteiger partial charge < -0.3 is 15.0 Å². The van der Waals surface area contributed by atoms with Gasteiger partial charge in [0, 0.05) is 25.8 Å². The van der Waals surface area contributed by atoms with Crippen LogP contribution in [0.1, 0.15) is 53.1 Å². The molecule has 24 heavy (non-hydrogen) atoms. The lowest BCUT2D eigenvalue weighted by Crippen LogP contribution is -2.40. The Labute approximate surface area is 151 Å². The van der Waals surface area contributed by atoms with E-state index in [9.17, 15) is 4.79 Å². The van der Waals surface area contributed by atoms with E-state index < -0.39 is 0 Å². The minimum absolute atomic E-state index is 0. The zero-order valence-electron chi connectivity index (χ0n) is 14.7. The van der Waals surface area contributed by atoms with Crippen LogP contribution < -0.4 is 5.32 Å². The molecule has 2 aliphatic rings. The number of halogens is 1. The van der Waals surface area contributed by atoms with E-state index in [4.69, 9.17) is 4.74 Å². The molecule has 134 valence electrons. The molecule has 0 radical (unpaired) electrons. The van der Waals surface area contributed by atoms with Crippen LogP contribution in [0.2, 0.25) is 0 Å². The average Bonchev–Trinajstić information content (AvgIpc) is 2.61. The lowest BCUT2D eigenvalue weighted by Gasteiger charge is -2.31. The molecule has 1 aromatic carbocycles. The van der Waals surface area contributed by atoms with E-state index in [1.165, 1.54) is 11.1 Å². The minimum Gasteiger partial charge on any atom is -0.381 e. The summed E-state index contributed by atoms with van der Waals surface area (Å²) in [7, 11) is 1.76. The number of nitrogens with one attached hydrogen (secondary N) is 1. The van der Waals surface area contributed by atoms with Gasteiger partial charge in [-0.15, -0.1) is 12.4 Å². The maximum atomic E-state index is 12.9. The second-order valence-corrected chi connectivity index (χ2v) is 6.88. The van der Waals surface area contributed by atoms with Crippen LogP contribution in [0.5, 0.6) is 0 Å². The summed E-state index contributed by atoms with van der Waals surface area (Å²) in [5.41, 5.74) is 3.38. The summed E-state index contributed by atoms with van der Waals surface area (Å²) < 4.78 is 5.40. The molecule has 5 heteroatoms. The first-order valence-electron chi connectivity index (χ1n) is 8.81. The van der Waals surface area contributed by atoms with E-state index in [-0.39, 0.29) is 18.3 Å². The number of carbonyl (C=O) groups excluding carboxylic acids is 1. The van der Waals surface area contributed by atoms with Crippen molar-refractivity contribution in [3.8, 4) is 0 Å². The van der Waals surface area contributed by atoms with Crippen LogP contribution in [0.3, 0.4) is 0 Å². The van der Waals surface area contributed by atoms with Crippen molar-refractivity contribution in [2.45, 2.75) is 44.6 Å². The van der Waals surface area contributed by atoms with Crippen LogP contribution in [-0.4, -0.2) is 50.2 Å². The summed E-state index contributed by atoms with van der Waals surface area (Å²) in [6.45, 7) is 5.85. The van der Waals surface area contributed by atoms with Crippen molar-refractivity contribution in [3.05, 3.63) is 34.9 Å². The second kappa shape index (κ2) is 8.84. The summed E-state index contributed by atoms with van der Waals surface area (Å²) in [5, 5.41) is 3.41. The highest BCUT2D eigenvalue weighted by atomic mass is 35.5. The molecular formula is C19H29ClN2O2. The molecule has 3 rings (SSSR count). The van der Waals surface area contributed by atoms with E-state index >= 15 is 0 Å². The molecule has 1 amide bonds. The molecule has 1 N–H and O–H groups in total. The molecule has 2 aliphatic heterocycles. The quantitative estimate of drug-likeness (QED) is 0.908. The maximum Gasteiger partial charge on any atom is 0.253 e. The largest absolute Gasteiger partial charge is 0.381 e. The number of amides is 1. The van der Waals surface area contributed by atoms with E-state index in [1.54, 1.807) is 7.11 Å². The number of piperidine rings is 2. The van der Waals surface area contributed by atoms with Crippen LogP contribution in [0.4, 0.5) is 0 Å². The Morgan fingerprint density at radius 2 is 1.79 bits per heavy atom. The third kappa shape index (κ3) is 4.50. The molecule has 0 atom stereocenters. The van der Waals surface area contributed by atoms with Gasteiger partial charge in [-0.05, 0) is 69.3 Å². The van der Waals surface area contributed by atoms with Gasteiger partial charge in [0.15, 0.2) is 0 Å². The Hall–Kier alpha value is -1.10. The van der Waals surface area contributed by atoms with Crippen molar-refractivity contribution in [2.24, 2.45) is 0 Å². The topological polar surface area (TPSA) is 41.6 Å². The molecule has 0 saturated carbocycles. The van der Waals surface area contributed by atoms with Gasteiger partial charge in [-0.3, -0.25) is 4.79 Å². The molecule has 0 aliphatic carbocycles. The fraction of sp³-hybridized carbons (Fsp3) is 0.632. The minimum atomic E-state index is 0. The molecular weight excluding hydrogens is 324 g/mol. The van der Waals surface area contributed by atoms with Crippen LogP contribution >= 0.6 is 12.4 Å². The highest BCUT2D eigenvalue weighted by Crippen LogP contribution is 2.27. The van der Waals surface area contributed by atoms with Gasteiger partial charge in [-0.1, -0.05) is 11.6 Å². The monoisotopic (exact) mass is 352 g/mol. The number of methoxy groups -OCH3 is 1. The predicted molar refractivity (Wildman–Crippen MR) is 99.2 cm³/mol. The average molecular weight is 353 g/mol. The molecule has 0 unspecified atom stereocenters. The Kier molecular flexibility index (Phi) is 7.08. The fourth-order valence-electron chi connectivity index (χ4n) is 3.80. The van der Waals surface area contributed by atoms with Crippen LogP contribution in [0, 0.1) is 6.92 Å². The van der Waals surface area contributed by atoms with Crippen molar-refractivity contribution in [1.82, 2.24) is 10.2 Å². The van der Waals surface area contributed by atoms with Gasteiger partial charge in [-0.25, -0.2) is 0 Å². The van der Waals surface area contributed by atoms with Crippen molar-refractivity contribution < 1.29 is 9.53 Å². The van der Waals surface area contributed by atoms with Gasteiger partial charge in [-0.2, -0.15) is 0 Å². The number of ether oxygens (including phenoxy) is 1. The predicted octanol–water partition coefficient (Wildman–Crippen LogP) is 3.13. The number of carbonyl (C=O) groups is 1. The second-order valence-electron chi connectivity index (χ2n) is 6.88. The van der Waals surface area contributed by atoms with Crippen molar-refractivity contribution in [3.63, 3.8) is 0 Å². The molecule has 4 nitrogen and oxygen atoms in total. The number of aryl methyl sites for hydroxylation is 1. The van der Waals surface area contributed by atoms with E-state index in [0.717, 1.165) is 57.4 Å². The Morgan fingerprint density at radius 3 is 2.42 bits per heavy atom. The summed E-state index contributed by atoms with van der Waals surface area (Å²) in [5.74, 6) is 0.764. The number of nitrogens with zero attached hydrogens (tertiary/aromatic N) is 1. The summed E-state index contributed by atoms with van der Waals surface area (Å²) in [4.78, 5) is 14.8. The third-order valence-corrected chi connectivity index (χ3v) is 5.22. The number of hydrogen-bond acceptors (Lipinski definition) is 3. The number of benzene rings is 1. The third-order valence-electron chi connectivity index (χ3n) is 5.22. The van der Waals surface area contributed by atoms with E-state index in [2.05, 4.69) is 24.4 Å². The van der Waals surface area contributed by atoms with Crippen LogP contribution in [0.15, 0.2) is 18.2 Å². The van der Waals surface area contributed by atoms with Crippen molar-refractivity contribution in [1.29, 1.82) is 0 Å². The zero-order valence-corrected chi connectivity index (χ0v) is 15.5. The van der Waals surface area contributed by atoms with Gasteiger partial charge >= 0.3 is 0 Å². The molecule has 1 aromatic rings. The van der Waals surface area contributed by atoms with Crippen molar-refractivity contribution in [2.75, 3.05) is 33.3 Å². The van der Waals surface area contributed by atoms with Crippen molar-refractivity contribution >= 4 is 18.3 Å². The first kappa shape index (κ1) is 19.2. The molecule has 0 aromatic heterocycles. The lowest BCUT2D eigenvalue weighted by molar-refractivity contribution is 0.0350. The lowest BCUT2D eigenvalue weighted by atomic mass is 9.88. The highest BCUT2D eigenvalue weighted by Gasteiger charge is 2.24. The van der Waals surface area contributed by atoms with Crippen LogP contribution in [0.25, 0.3) is 0 Å². The smallest absolute Gasteiger partial charge is 0.253 e. The molecule has 2 saturated heterocycles. The van der Waals surface area contributed by atoms with E-state index in [0.29, 0.717) is 12.0 Å². The number of hydrogen-bond donors (Lipinski definition) is 1. The molecule has 0 spiro atoms. The number of likely N-dealkylation sites (tertiary alicyclic amines) is 1. The summed E-state index contributed by atoms with van der Waals surface area (Å²) in [6, 6.07) is 6.42. The van der Waals surface area contributed by atoms with Gasteiger partial charge in [0.05, 0.1) is 6.10 Å². The highest BCUT2D eigenvalue weighted by molar-refractivity contribution is 5.94. The Bertz CT molecular complexity index is 550. The summed E-state index contributed by atoms with van der Waals surface area (Å²) >= 11 is 0.